The first-order valence-electron chi connectivity index (χ1n) is 24.1. The molecule has 4 amide bonds. The Morgan fingerprint density at radius 3 is 1.97 bits per heavy atom. The first kappa shape index (κ1) is 45.8. The number of rotatable bonds is 11. The Hall–Kier alpha value is -6.98. The molecule has 18 heteroatoms. The molecule has 0 radical (unpaired) electrons. The fourth-order valence-electron chi connectivity index (χ4n) is 11.0. The first-order valence-corrected chi connectivity index (χ1v) is 24.1. The van der Waals surface area contributed by atoms with Gasteiger partial charge in [0, 0.05) is 43.1 Å². The Morgan fingerprint density at radius 2 is 1.38 bits per heavy atom. The number of fused-ring (bicyclic) bond motifs is 5. The Kier molecular flexibility index (Phi) is 12.3. The molecule has 2 saturated heterocycles. The number of alkyl carbamates (subject to hydrolysis) is 2. The minimum atomic E-state index is -0.770. The average molecular weight is 943 g/mol. The fraction of sp³-hybridized carbons (Fsp3) is 0.471. The van der Waals surface area contributed by atoms with Crippen LogP contribution in [0.4, 0.5) is 14.0 Å². The second-order valence-corrected chi connectivity index (χ2v) is 19.5. The van der Waals surface area contributed by atoms with Gasteiger partial charge in [0.25, 0.3) is 0 Å². The van der Waals surface area contributed by atoms with E-state index >= 15 is 4.39 Å². The molecule has 10 rings (SSSR count). The molecular weight excluding hydrogens is 884 g/mol. The standard InChI is InChI=1S/C51H59FN10O7/c1-26(2)43(58-50(65)67-5)48(63)61-16-7-10-37(61)46-54-23-35(56-46)29-14-13-28-19-33-32(20-30(28)18-29)42-34(52)21-31(22-40(42)69-45(33)39-25-53-41-12-9-15-60(39)41)36-24-55-47(57-36)38-11-8-17-62(38)49(64)44(27(3)4)59-51(66)68-6/h13-14,18,20-27,33,37-38,43-45H,7-12,15-17,19H2,1-6H3,(H,54,56)(H,55,57)(H,58,65)(H,59,66)/t33?,37-,38-,43-,44-,45?/m0/s1. The summed E-state index contributed by atoms with van der Waals surface area (Å²) in [5, 5.41) is 5.40. The van der Waals surface area contributed by atoms with E-state index in [1.165, 1.54) is 20.3 Å². The van der Waals surface area contributed by atoms with Crippen LogP contribution in [0.1, 0.15) is 118 Å². The van der Waals surface area contributed by atoms with E-state index < -0.39 is 36.2 Å². The van der Waals surface area contributed by atoms with Crippen LogP contribution in [-0.4, -0.2) is 103 Å². The summed E-state index contributed by atoms with van der Waals surface area (Å²) in [5.41, 5.74) is 7.13. The summed E-state index contributed by atoms with van der Waals surface area (Å²) in [7, 11) is 2.55. The summed E-state index contributed by atoms with van der Waals surface area (Å²) in [6, 6.07) is 7.54. The van der Waals surface area contributed by atoms with Gasteiger partial charge in [0.1, 0.15) is 47.2 Å². The van der Waals surface area contributed by atoms with E-state index in [-0.39, 0.29) is 41.7 Å². The maximum absolute atomic E-state index is 17.0. The van der Waals surface area contributed by atoms with E-state index in [1.807, 2.05) is 40.0 Å². The van der Waals surface area contributed by atoms with Crippen LogP contribution in [0.15, 0.2) is 48.9 Å². The predicted octanol–water partition coefficient (Wildman–Crippen LogP) is 7.68. The minimum absolute atomic E-state index is 0.148. The summed E-state index contributed by atoms with van der Waals surface area (Å²) in [6.45, 7) is 9.43. The van der Waals surface area contributed by atoms with Gasteiger partial charge >= 0.3 is 12.2 Å². The average Bonchev–Trinajstić information content (AvgIpc) is 4.20. The number of ether oxygens (including phenoxy) is 3. The highest BCUT2D eigenvalue weighted by atomic mass is 19.1. The van der Waals surface area contributed by atoms with Crippen molar-refractivity contribution in [2.24, 2.45) is 17.8 Å². The highest BCUT2D eigenvalue weighted by Gasteiger charge is 2.43. The largest absolute Gasteiger partial charge is 0.483 e. The second kappa shape index (κ2) is 18.5. The lowest BCUT2D eigenvalue weighted by atomic mass is 9.74. The number of aryl methyl sites for hydroxylation is 1. The quantitative estimate of drug-likeness (QED) is 0.102. The number of methoxy groups -OCH3 is 2. The molecule has 2 aromatic carbocycles. The molecule has 362 valence electrons. The fourth-order valence-corrected chi connectivity index (χ4v) is 11.0. The van der Waals surface area contributed by atoms with Gasteiger partial charge in [-0.25, -0.2) is 28.9 Å². The molecule has 6 atom stereocenters. The Bertz CT molecular complexity index is 2850. The summed E-state index contributed by atoms with van der Waals surface area (Å²) in [4.78, 5) is 76.7. The van der Waals surface area contributed by atoms with Crippen LogP contribution in [0.2, 0.25) is 0 Å². The molecule has 7 heterocycles. The van der Waals surface area contributed by atoms with Gasteiger partial charge in [-0.15, -0.1) is 0 Å². The van der Waals surface area contributed by atoms with Gasteiger partial charge in [-0.1, -0.05) is 45.9 Å². The summed E-state index contributed by atoms with van der Waals surface area (Å²) in [6.07, 6.45) is 11.2. The molecule has 2 fully saturated rings. The lowest BCUT2D eigenvalue weighted by Crippen LogP contribution is -2.51. The van der Waals surface area contributed by atoms with E-state index in [2.05, 4.69) is 49.4 Å². The molecule has 5 aromatic rings. The van der Waals surface area contributed by atoms with Crippen molar-refractivity contribution in [1.29, 1.82) is 0 Å². The lowest BCUT2D eigenvalue weighted by molar-refractivity contribution is -0.136. The van der Waals surface area contributed by atoms with Crippen molar-refractivity contribution in [2.45, 2.75) is 109 Å². The number of likely N-dealkylation sites (tertiary alicyclic amines) is 2. The van der Waals surface area contributed by atoms with Crippen molar-refractivity contribution in [1.82, 2.24) is 49.9 Å². The monoisotopic (exact) mass is 942 g/mol. The number of halogens is 1. The number of hydrogen-bond acceptors (Lipinski definition) is 10. The van der Waals surface area contributed by atoms with Gasteiger partial charge in [0.05, 0.1) is 67.5 Å². The number of aromatic nitrogens is 6. The van der Waals surface area contributed by atoms with Gasteiger partial charge in [-0.05, 0) is 85.3 Å². The third-order valence-electron chi connectivity index (χ3n) is 14.6. The predicted molar refractivity (Wildman–Crippen MR) is 253 cm³/mol. The van der Waals surface area contributed by atoms with Crippen LogP contribution < -0.4 is 15.4 Å². The third-order valence-corrected chi connectivity index (χ3v) is 14.6. The number of amides is 4. The molecule has 2 unspecified atom stereocenters. The normalized spacial score (nSPS) is 21.2. The topological polar surface area (TPSA) is 202 Å². The zero-order chi connectivity index (χ0) is 48.2. The van der Waals surface area contributed by atoms with Crippen LogP contribution in [0.25, 0.3) is 34.2 Å². The van der Waals surface area contributed by atoms with E-state index in [1.54, 1.807) is 22.2 Å². The molecule has 0 saturated carbocycles. The molecule has 1 aliphatic carbocycles. The number of imidazole rings is 3. The van der Waals surface area contributed by atoms with Crippen LogP contribution in [-0.2, 0) is 38.4 Å². The van der Waals surface area contributed by atoms with Gasteiger partial charge in [-0.2, -0.15) is 0 Å². The van der Waals surface area contributed by atoms with Crippen LogP contribution in [0.5, 0.6) is 5.75 Å². The third kappa shape index (κ3) is 8.41. The molecule has 17 nitrogen and oxygen atoms in total. The van der Waals surface area contributed by atoms with Crippen molar-refractivity contribution < 1.29 is 37.8 Å². The number of nitrogens with zero attached hydrogens (tertiary/aromatic N) is 6. The highest BCUT2D eigenvalue weighted by Crippen LogP contribution is 2.52. The highest BCUT2D eigenvalue weighted by molar-refractivity contribution is 5.91. The lowest BCUT2D eigenvalue weighted by Gasteiger charge is -2.39. The number of carbonyl (C=O) groups excluding carboxylic acids is 4. The summed E-state index contributed by atoms with van der Waals surface area (Å²) in [5.74, 6) is 1.37. The number of aromatic amines is 2. The maximum Gasteiger partial charge on any atom is 0.407 e. The van der Waals surface area contributed by atoms with E-state index in [9.17, 15) is 19.2 Å². The molecule has 4 N–H and O–H groups in total. The van der Waals surface area contributed by atoms with Gasteiger partial charge in [-0.3, -0.25) is 9.59 Å². The zero-order valence-electron chi connectivity index (χ0n) is 39.8. The van der Waals surface area contributed by atoms with Gasteiger partial charge < -0.3 is 49.2 Å². The van der Waals surface area contributed by atoms with Crippen molar-refractivity contribution in [3.63, 3.8) is 0 Å². The SMILES string of the molecule is COC(=O)N[C@H](C(=O)N1CCC[C@H]1c1ncc(-c2ccc3c(c2)C=C2c4c(F)cc(-c5cnc([C@@H]6CCCN6C(=O)[C@@H](NC(=O)OC)C(C)C)[nH]5)cc4OC(c4cnc5n4CCC5)C2C3)[nH]1)C(C)C. The molecular formula is C51H59FN10O7. The van der Waals surface area contributed by atoms with Crippen molar-refractivity contribution in [3.05, 3.63) is 94.6 Å². The molecule has 0 bridgehead atoms. The maximum atomic E-state index is 17.0. The van der Waals surface area contributed by atoms with Crippen molar-refractivity contribution in [3.8, 4) is 28.3 Å². The summed E-state index contributed by atoms with van der Waals surface area (Å²) >= 11 is 0. The number of benzene rings is 2. The summed E-state index contributed by atoms with van der Waals surface area (Å²) < 4.78 is 35.9. The number of carbonyl (C=O) groups is 4. The van der Waals surface area contributed by atoms with Crippen LogP contribution >= 0.6 is 0 Å². The van der Waals surface area contributed by atoms with Crippen molar-refractivity contribution in [2.75, 3.05) is 27.3 Å². The van der Waals surface area contributed by atoms with E-state index in [4.69, 9.17) is 29.2 Å². The molecule has 5 aliphatic rings. The Morgan fingerprint density at radius 1 is 0.768 bits per heavy atom. The van der Waals surface area contributed by atoms with E-state index in [0.29, 0.717) is 60.2 Å². The number of hydrogen-bond donors (Lipinski definition) is 4. The van der Waals surface area contributed by atoms with Crippen LogP contribution in [0.3, 0.4) is 0 Å². The van der Waals surface area contributed by atoms with E-state index in [0.717, 1.165) is 78.1 Å². The molecule has 69 heavy (non-hydrogen) atoms. The second-order valence-electron chi connectivity index (χ2n) is 19.5. The zero-order valence-corrected chi connectivity index (χ0v) is 39.8. The smallest absolute Gasteiger partial charge is 0.407 e. The van der Waals surface area contributed by atoms with Crippen LogP contribution in [0, 0.1) is 23.6 Å². The van der Waals surface area contributed by atoms with Crippen molar-refractivity contribution >= 4 is 35.6 Å². The molecule has 3 aromatic heterocycles. The number of H-pyrrole nitrogens is 2. The Balaban J connectivity index is 0.958. The number of nitrogens with one attached hydrogen (secondary N) is 4. The minimum Gasteiger partial charge on any atom is -0.483 e. The van der Waals surface area contributed by atoms with Gasteiger partial charge in [0.15, 0.2) is 0 Å². The first-order chi connectivity index (χ1) is 33.3. The Labute approximate surface area is 399 Å². The molecule has 0 spiro atoms. The van der Waals surface area contributed by atoms with Gasteiger partial charge in [0.2, 0.25) is 11.8 Å². The molecule has 4 aliphatic heterocycles.